The van der Waals surface area contributed by atoms with Gasteiger partial charge >= 0.3 is 0 Å². The molecule has 1 fully saturated rings. The Balaban J connectivity index is 2.34. The Bertz CT molecular complexity index is 465. The summed E-state index contributed by atoms with van der Waals surface area (Å²) in [7, 11) is 0. The van der Waals surface area contributed by atoms with E-state index in [0.717, 1.165) is 13.1 Å². The third-order valence-corrected chi connectivity index (χ3v) is 3.87. The van der Waals surface area contributed by atoms with Crippen LogP contribution in [0.1, 0.15) is 23.6 Å². The molecule has 1 aliphatic heterocycles. The fourth-order valence-corrected chi connectivity index (χ4v) is 2.93. The number of nitrogens with zero attached hydrogens (tertiary/aromatic N) is 1. The number of benzene rings is 1. The van der Waals surface area contributed by atoms with E-state index in [4.69, 9.17) is 11.6 Å². The van der Waals surface area contributed by atoms with Crippen LogP contribution in [-0.4, -0.2) is 42.6 Å². The largest absolute Gasteiger partial charge is 0.507 e. The Morgan fingerprint density at radius 3 is 2.60 bits per heavy atom. The van der Waals surface area contributed by atoms with Gasteiger partial charge in [-0.15, -0.1) is 0 Å². The number of aryl methyl sites for hydroxylation is 1. The molecule has 1 aromatic rings. The van der Waals surface area contributed by atoms with Gasteiger partial charge in [-0.3, -0.25) is 4.90 Å². The van der Waals surface area contributed by atoms with E-state index in [1.54, 1.807) is 19.1 Å². The summed E-state index contributed by atoms with van der Waals surface area (Å²) in [5, 5.41) is 13.8. The molecule has 1 atom stereocenters. The number of hydrogen-bond donors (Lipinski definition) is 2. The molecule has 6 heteroatoms. The zero-order valence-electron chi connectivity index (χ0n) is 11.4. The minimum Gasteiger partial charge on any atom is -0.507 e. The van der Waals surface area contributed by atoms with Crippen LogP contribution in [0.25, 0.3) is 0 Å². The van der Waals surface area contributed by atoms with E-state index in [1.165, 1.54) is 0 Å². The van der Waals surface area contributed by atoms with Gasteiger partial charge in [0, 0.05) is 49.2 Å². The molecular formula is C14H19ClF2N2O. The fourth-order valence-electron chi connectivity index (χ4n) is 2.65. The molecule has 1 aliphatic rings. The second kappa shape index (κ2) is 6.70. The average molecular weight is 305 g/mol. The van der Waals surface area contributed by atoms with Crippen LogP contribution in [0.3, 0.4) is 0 Å². The van der Waals surface area contributed by atoms with Crippen LogP contribution in [0, 0.1) is 6.92 Å². The lowest BCUT2D eigenvalue weighted by Crippen LogP contribution is -2.45. The third kappa shape index (κ3) is 3.59. The van der Waals surface area contributed by atoms with Gasteiger partial charge in [0.2, 0.25) is 6.43 Å². The van der Waals surface area contributed by atoms with Gasteiger partial charge in [-0.1, -0.05) is 11.6 Å². The Kier molecular flexibility index (Phi) is 5.18. The van der Waals surface area contributed by atoms with E-state index < -0.39 is 12.5 Å². The van der Waals surface area contributed by atoms with E-state index >= 15 is 0 Å². The molecule has 3 nitrogen and oxygen atoms in total. The molecule has 1 aromatic carbocycles. The van der Waals surface area contributed by atoms with Crippen LogP contribution < -0.4 is 5.32 Å². The van der Waals surface area contributed by atoms with Crippen molar-refractivity contribution in [2.75, 3.05) is 26.2 Å². The summed E-state index contributed by atoms with van der Waals surface area (Å²) in [4.78, 5) is 1.98. The van der Waals surface area contributed by atoms with Crippen LogP contribution in [0.2, 0.25) is 5.02 Å². The van der Waals surface area contributed by atoms with Crippen molar-refractivity contribution in [2.45, 2.75) is 25.8 Å². The highest BCUT2D eigenvalue weighted by Crippen LogP contribution is 2.37. The summed E-state index contributed by atoms with van der Waals surface area (Å²) in [5.41, 5.74) is 1.11. The summed E-state index contributed by atoms with van der Waals surface area (Å²) in [6.45, 7) is 4.62. The van der Waals surface area contributed by atoms with Gasteiger partial charge in [-0.2, -0.15) is 0 Å². The lowest BCUT2D eigenvalue weighted by Gasteiger charge is -2.35. The van der Waals surface area contributed by atoms with Gasteiger partial charge < -0.3 is 10.4 Å². The summed E-state index contributed by atoms with van der Waals surface area (Å²) < 4.78 is 25.8. The maximum Gasteiger partial charge on any atom is 0.240 e. The van der Waals surface area contributed by atoms with E-state index in [0.29, 0.717) is 29.2 Å². The van der Waals surface area contributed by atoms with Crippen molar-refractivity contribution in [3.8, 4) is 5.75 Å². The first kappa shape index (κ1) is 15.5. The summed E-state index contributed by atoms with van der Waals surface area (Å²) in [6, 6.07) is 2.73. The molecular weight excluding hydrogens is 286 g/mol. The van der Waals surface area contributed by atoms with E-state index in [2.05, 4.69) is 5.32 Å². The van der Waals surface area contributed by atoms with E-state index in [9.17, 15) is 13.9 Å². The molecule has 2 rings (SSSR count). The van der Waals surface area contributed by atoms with Gasteiger partial charge in [-0.05, 0) is 24.6 Å². The summed E-state index contributed by atoms with van der Waals surface area (Å²) >= 11 is 6.01. The van der Waals surface area contributed by atoms with Crippen LogP contribution in [0.4, 0.5) is 8.78 Å². The molecule has 0 saturated carbocycles. The predicted molar refractivity (Wildman–Crippen MR) is 75.7 cm³/mol. The Morgan fingerprint density at radius 2 is 2.00 bits per heavy atom. The molecule has 0 aliphatic carbocycles. The molecule has 1 saturated heterocycles. The van der Waals surface area contributed by atoms with Crippen molar-refractivity contribution >= 4 is 11.6 Å². The van der Waals surface area contributed by atoms with Gasteiger partial charge in [0.25, 0.3) is 0 Å². The number of aromatic hydroxyl groups is 1. The molecule has 2 N–H and O–H groups in total. The lowest BCUT2D eigenvalue weighted by atomic mass is 9.98. The molecule has 0 bridgehead atoms. The standard InChI is InChI=1S/C14H19ClF2N2O/c1-9-6-10(15)7-11(14(9)20)12(8-13(16)17)19-4-2-18-3-5-19/h6-7,12-13,18,20H,2-5,8H2,1H3/t12-/m0/s1. The zero-order chi connectivity index (χ0) is 14.7. The molecule has 112 valence electrons. The number of hydrogen-bond acceptors (Lipinski definition) is 3. The van der Waals surface area contributed by atoms with Crippen molar-refractivity contribution in [3.05, 3.63) is 28.3 Å². The lowest BCUT2D eigenvalue weighted by molar-refractivity contribution is 0.0729. The smallest absolute Gasteiger partial charge is 0.240 e. The van der Waals surface area contributed by atoms with Crippen molar-refractivity contribution in [1.29, 1.82) is 0 Å². The highest BCUT2D eigenvalue weighted by Gasteiger charge is 2.28. The van der Waals surface area contributed by atoms with Crippen LogP contribution in [0.15, 0.2) is 12.1 Å². The first-order valence-corrected chi connectivity index (χ1v) is 7.08. The molecule has 0 amide bonds. The van der Waals surface area contributed by atoms with E-state index in [1.807, 2.05) is 4.90 Å². The maximum absolute atomic E-state index is 12.9. The van der Waals surface area contributed by atoms with Crippen LogP contribution >= 0.6 is 11.6 Å². The normalized spacial score (nSPS) is 18.4. The first-order chi connectivity index (χ1) is 9.49. The quantitative estimate of drug-likeness (QED) is 0.898. The summed E-state index contributed by atoms with van der Waals surface area (Å²) in [5.74, 6) is 0.0681. The molecule has 20 heavy (non-hydrogen) atoms. The number of nitrogens with one attached hydrogen (secondary N) is 1. The number of alkyl halides is 2. The third-order valence-electron chi connectivity index (χ3n) is 3.65. The average Bonchev–Trinajstić information content (AvgIpc) is 2.41. The van der Waals surface area contributed by atoms with Crippen molar-refractivity contribution in [1.82, 2.24) is 10.2 Å². The molecule has 0 spiro atoms. The van der Waals surface area contributed by atoms with Crippen LogP contribution in [-0.2, 0) is 0 Å². The molecule has 0 radical (unpaired) electrons. The van der Waals surface area contributed by atoms with Gasteiger partial charge in [0.15, 0.2) is 0 Å². The SMILES string of the molecule is Cc1cc(Cl)cc([C@H](CC(F)F)N2CCNCC2)c1O. The highest BCUT2D eigenvalue weighted by atomic mass is 35.5. The Hall–Kier alpha value is -0.910. The predicted octanol–water partition coefficient (Wildman–Crippen LogP) is 2.96. The molecule has 0 aromatic heterocycles. The fraction of sp³-hybridized carbons (Fsp3) is 0.571. The first-order valence-electron chi connectivity index (χ1n) is 6.71. The zero-order valence-corrected chi connectivity index (χ0v) is 12.1. The monoisotopic (exact) mass is 304 g/mol. The number of rotatable bonds is 4. The second-order valence-corrected chi connectivity index (χ2v) is 5.53. The maximum atomic E-state index is 12.9. The minimum atomic E-state index is -2.42. The number of halogens is 3. The summed E-state index contributed by atoms with van der Waals surface area (Å²) in [6.07, 6.45) is -2.72. The van der Waals surface area contributed by atoms with Crippen molar-refractivity contribution in [3.63, 3.8) is 0 Å². The van der Waals surface area contributed by atoms with Crippen molar-refractivity contribution in [2.24, 2.45) is 0 Å². The van der Waals surface area contributed by atoms with Crippen LogP contribution in [0.5, 0.6) is 5.75 Å². The highest BCUT2D eigenvalue weighted by molar-refractivity contribution is 6.30. The van der Waals surface area contributed by atoms with Gasteiger partial charge in [0.05, 0.1) is 0 Å². The molecule has 1 heterocycles. The number of piperazine rings is 1. The number of phenolic OH excluding ortho intramolecular Hbond substituents is 1. The Labute approximate surface area is 122 Å². The molecule has 0 unspecified atom stereocenters. The topological polar surface area (TPSA) is 35.5 Å². The number of phenols is 1. The Morgan fingerprint density at radius 1 is 1.35 bits per heavy atom. The second-order valence-electron chi connectivity index (χ2n) is 5.09. The van der Waals surface area contributed by atoms with Gasteiger partial charge in [0.1, 0.15) is 5.75 Å². The van der Waals surface area contributed by atoms with Gasteiger partial charge in [-0.25, -0.2) is 8.78 Å². The minimum absolute atomic E-state index is 0.0681. The van der Waals surface area contributed by atoms with E-state index in [-0.39, 0.29) is 12.2 Å². The van der Waals surface area contributed by atoms with Crippen molar-refractivity contribution < 1.29 is 13.9 Å².